The lowest BCUT2D eigenvalue weighted by Gasteiger charge is -2.20. The number of carboxylic acids is 1. The molecular formula is C22H18N4O3S. The largest absolute Gasteiger partial charge is 0.478 e. The fraction of sp³-hybridized carbons (Fsp3) is 0.136. The van der Waals surface area contributed by atoms with Gasteiger partial charge in [0.25, 0.3) is 5.91 Å². The Kier molecular flexibility index (Phi) is 5.33. The molecule has 8 heteroatoms. The van der Waals surface area contributed by atoms with Crippen molar-refractivity contribution >= 4 is 45.8 Å². The molecule has 2 aliphatic heterocycles. The molecular weight excluding hydrogens is 400 g/mol. The van der Waals surface area contributed by atoms with Gasteiger partial charge in [-0.3, -0.25) is 10.2 Å². The highest BCUT2D eigenvalue weighted by molar-refractivity contribution is 8.27. The van der Waals surface area contributed by atoms with E-state index in [1.165, 1.54) is 35.0 Å². The third kappa shape index (κ3) is 3.69. The van der Waals surface area contributed by atoms with Crippen LogP contribution in [0.5, 0.6) is 0 Å². The van der Waals surface area contributed by atoms with Crippen molar-refractivity contribution in [3.05, 3.63) is 76.9 Å². The van der Waals surface area contributed by atoms with Crippen LogP contribution < -0.4 is 0 Å². The first-order chi connectivity index (χ1) is 14.5. The zero-order chi connectivity index (χ0) is 21.3. The van der Waals surface area contributed by atoms with Crippen LogP contribution in [-0.4, -0.2) is 38.0 Å². The molecule has 2 aromatic carbocycles. The van der Waals surface area contributed by atoms with Crippen LogP contribution in [0.25, 0.3) is 6.08 Å². The van der Waals surface area contributed by atoms with E-state index in [-0.39, 0.29) is 22.9 Å². The Balaban J connectivity index is 1.63. The lowest BCUT2D eigenvalue weighted by Crippen LogP contribution is -2.35. The Bertz CT molecular complexity index is 1120. The molecule has 0 aromatic heterocycles. The van der Waals surface area contributed by atoms with Crippen LogP contribution in [0, 0.1) is 5.41 Å². The molecule has 30 heavy (non-hydrogen) atoms. The molecule has 1 amide bonds. The van der Waals surface area contributed by atoms with Crippen LogP contribution in [0.1, 0.15) is 40.7 Å². The molecule has 0 spiro atoms. The highest BCUT2D eigenvalue weighted by Crippen LogP contribution is 2.35. The number of nitrogens with one attached hydrogen (secondary N) is 1. The zero-order valence-corrected chi connectivity index (χ0v) is 16.9. The monoisotopic (exact) mass is 418 g/mol. The molecule has 0 aliphatic carbocycles. The molecule has 4 rings (SSSR count). The summed E-state index contributed by atoms with van der Waals surface area (Å²) in [5, 5.41) is 24.7. The normalized spacial score (nSPS) is 18.2. The molecule has 0 radical (unpaired) electrons. The second-order valence-electron chi connectivity index (χ2n) is 6.76. The van der Waals surface area contributed by atoms with Gasteiger partial charge < -0.3 is 5.11 Å². The molecule has 2 aliphatic rings. The minimum Gasteiger partial charge on any atom is -0.478 e. The number of carboxylic acid groups (broad SMARTS) is 1. The summed E-state index contributed by atoms with van der Waals surface area (Å²) in [6.45, 7) is 2.07. The van der Waals surface area contributed by atoms with Gasteiger partial charge in [-0.05, 0) is 47.5 Å². The maximum absolute atomic E-state index is 12.6. The number of carbonyl (C=O) groups excluding carboxylic acids is 1. The first kappa shape index (κ1) is 19.8. The molecule has 1 unspecified atom stereocenters. The van der Waals surface area contributed by atoms with E-state index in [4.69, 9.17) is 10.5 Å². The van der Waals surface area contributed by atoms with Gasteiger partial charge in [0.05, 0.1) is 11.1 Å². The van der Waals surface area contributed by atoms with E-state index in [0.717, 1.165) is 17.0 Å². The topological polar surface area (TPSA) is 106 Å². The van der Waals surface area contributed by atoms with Gasteiger partial charge in [-0.2, -0.15) is 15.1 Å². The predicted octanol–water partition coefficient (Wildman–Crippen LogP) is 4.20. The molecule has 7 nitrogen and oxygen atoms in total. The summed E-state index contributed by atoms with van der Waals surface area (Å²) in [4.78, 5) is 27.7. The minimum absolute atomic E-state index is 0.0438. The van der Waals surface area contributed by atoms with Gasteiger partial charge in [0.15, 0.2) is 5.84 Å². The van der Waals surface area contributed by atoms with Gasteiger partial charge in [0.1, 0.15) is 5.04 Å². The quantitative estimate of drug-likeness (QED) is 0.708. The maximum Gasteiger partial charge on any atom is 0.335 e. The summed E-state index contributed by atoms with van der Waals surface area (Å²) in [5.41, 5.74) is 2.00. The van der Waals surface area contributed by atoms with E-state index in [0.29, 0.717) is 10.7 Å². The number of hydrogen-bond donors (Lipinski definition) is 2. The molecule has 0 fully saturated rings. The Morgan fingerprint density at radius 3 is 2.53 bits per heavy atom. The third-order valence-corrected chi connectivity index (χ3v) is 5.87. The van der Waals surface area contributed by atoms with Crippen LogP contribution in [0.15, 0.2) is 70.3 Å². The Morgan fingerprint density at radius 1 is 1.20 bits per heavy atom. The van der Waals surface area contributed by atoms with Crippen molar-refractivity contribution in [3.63, 3.8) is 0 Å². The van der Waals surface area contributed by atoms with Crippen molar-refractivity contribution in [2.45, 2.75) is 19.3 Å². The van der Waals surface area contributed by atoms with E-state index in [9.17, 15) is 9.59 Å². The summed E-state index contributed by atoms with van der Waals surface area (Å²) < 4.78 is 0. The zero-order valence-electron chi connectivity index (χ0n) is 16.1. The second kappa shape index (κ2) is 8.08. The summed E-state index contributed by atoms with van der Waals surface area (Å²) in [5.74, 6) is -1.52. The molecule has 2 aromatic rings. The molecule has 0 saturated carbocycles. The van der Waals surface area contributed by atoms with E-state index >= 15 is 0 Å². The summed E-state index contributed by atoms with van der Waals surface area (Å²) in [7, 11) is 0. The number of amidine groups is 2. The molecule has 2 N–H and O–H groups in total. The van der Waals surface area contributed by atoms with Crippen molar-refractivity contribution in [2.75, 3.05) is 0 Å². The molecule has 1 atom stereocenters. The number of aromatic carboxylic acids is 1. The number of aliphatic imine (C=N–C) groups is 1. The van der Waals surface area contributed by atoms with Crippen molar-refractivity contribution < 1.29 is 14.7 Å². The standard InChI is InChI=1S/C22H18N4O3S/c1-2-16(14-6-4-3-5-7-14)20-25-26-18(23)17(19(27)24-22(26)30-20)12-13-8-10-15(11-9-13)21(28)29/h3-12,16,23H,2H2,1H3,(H,28,29). The van der Waals surface area contributed by atoms with Crippen molar-refractivity contribution in [2.24, 2.45) is 10.1 Å². The van der Waals surface area contributed by atoms with E-state index < -0.39 is 11.9 Å². The van der Waals surface area contributed by atoms with E-state index in [1.807, 2.05) is 30.3 Å². The summed E-state index contributed by atoms with van der Waals surface area (Å²) in [6.07, 6.45) is 2.36. The number of nitrogens with zero attached hydrogens (tertiary/aromatic N) is 3. The van der Waals surface area contributed by atoms with Gasteiger partial charge in [-0.25, -0.2) is 4.79 Å². The van der Waals surface area contributed by atoms with Gasteiger partial charge in [-0.15, -0.1) is 0 Å². The first-order valence-corrected chi connectivity index (χ1v) is 10.2. The smallest absolute Gasteiger partial charge is 0.335 e. The number of rotatable bonds is 5. The van der Waals surface area contributed by atoms with Gasteiger partial charge in [0, 0.05) is 5.92 Å². The fourth-order valence-corrected chi connectivity index (χ4v) is 4.38. The van der Waals surface area contributed by atoms with Crippen molar-refractivity contribution in [3.8, 4) is 0 Å². The van der Waals surface area contributed by atoms with Crippen LogP contribution in [0.4, 0.5) is 0 Å². The second-order valence-corrected chi connectivity index (χ2v) is 7.74. The van der Waals surface area contributed by atoms with Crippen LogP contribution in [-0.2, 0) is 4.79 Å². The molecule has 2 heterocycles. The number of thioether (sulfide) groups is 1. The number of fused-ring (bicyclic) bond motifs is 1. The molecule has 0 saturated heterocycles. The lowest BCUT2D eigenvalue weighted by molar-refractivity contribution is -0.114. The fourth-order valence-electron chi connectivity index (χ4n) is 3.27. The molecule has 0 bridgehead atoms. The highest BCUT2D eigenvalue weighted by atomic mass is 32.2. The number of hydrogen-bond acceptors (Lipinski definition) is 5. The number of benzene rings is 2. The molecule has 150 valence electrons. The maximum atomic E-state index is 12.6. The van der Waals surface area contributed by atoms with E-state index in [2.05, 4.69) is 17.0 Å². The predicted molar refractivity (Wildman–Crippen MR) is 118 cm³/mol. The first-order valence-electron chi connectivity index (χ1n) is 9.36. The summed E-state index contributed by atoms with van der Waals surface area (Å²) >= 11 is 1.31. The average Bonchev–Trinajstić information content (AvgIpc) is 3.16. The van der Waals surface area contributed by atoms with Crippen molar-refractivity contribution in [1.82, 2.24) is 5.01 Å². The lowest BCUT2D eigenvalue weighted by atomic mass is 9.98. The number of hydrazone groups is 1. The number of carbonyl (C=O) groups is 2. The minimum atomic E-state index is -1.02. The van der Waals surface area contributed by atoms with Crippen LogP contribution in [0.2, 0.25) is 0 Å². The van der Waals surface area contributed by atoms with Gasteiger partial charge in [0.2, 0.25) is 5.17 Å². The summed E-state index contributed by atoms with van der Waals surface area (Å²) in [6, 6.07) is 16.1. The Hall–Kier alpha value is -3.52. The van der Waals surface area contributed by atoms with Gasteiger partial charge >= 0.3 is 5.97 Å². The van der Waals surface area contributed by atoms with Gasteiger partial charge in [-0.1, -0.05) is 49.4 Å². The SMILES string of the molecule is CCC(C1=NN2C(=N)C(=Cc3ccc(C(=O)O)cc3)C(=O)N=C2S1)c1ccccc1. The third-order valence-electron chi connectivity index (χ3n) is 4.85. The number of amides is 1. The Labute approximate surface area is 177 Å². The Morgan fingerprint density at radius 2 is 1.90 bits per heavy atom. The van der Waals surface area contributed by atoms with Crippen LogP contribution in [0.3, 0.4) is 0 Å². The van der Waals surface area contributed by atoms with Crippen LogP contribution >= 0.6 is 11.8 Å². The highest BCUT2D eigenvalue weighted by Gasteiger charge is 2.37. The average molecular weight is 418 g/mol. The van der Waals surface area contributed by atoms with E-state index in [1.54, 1.807) is 12.1 Å². The van der Waals surface area contributed by atoms with Crippen molar-refractivity contribution in [1.29, 1.82) is 5.41 Å².